The molecule has 2 aromatic rings. The number of hydrogen-bond acceptors (Lipinski definition) is 3. The van der Waals surface area contributed by atoms with Gasteiger partial charge < -0.3 is 4.74 Å². The molecule has 1 aromatic carbocycles. The van der Waals surface area contributed by atoms with Crippen molar-refractivity contribution in [1.82, 2.24) is 10.2 Å². The van der Waals surface area contributed by atoms with Crippen molar-refractivity contribution in [3.05, 3.63) is 46.2 Å². The van der Waals surface area contributed by atoms with E-state index in [0.29, 0.717) is 23.8 Å². The lowest BCUT2D eigenvalue weighted by Gasteiger charge is -2.12. The first-order valence-corrected chi connectivity index (χ1v) is 7.02. The first-order chi connectivity index (χ1) is 9.61. The van der Waals surface area contributed by atoms with Gasteiger partial charge in [-0.3, -0.25) is 4.79 Å². The molecule has 0 aliphatic carbocycles. The fraction of sp³-hybridized carbons (Fsp3) is 0.333. The van der Waals surface area contributed by atoms with Crippen LogP contribution in [-0.4, -0.2) is 16.8 Å². The van der Waals surface area contributed by atoms with Crippen LogP contribution in [0, 0.1) is 5.92 Å². The minimum absolute atomic E-state index is 0.153. The van der Waals surface area contributed by atoms with Gasteiger partial charge in [-0.15, -0.1) is 11.6 Å². The van der Waals surface area contributed by atoms with E-state index >= 15 is 0 Å². The molecule has 20 heavy (non-hydrogen) atoms. The molecule has 0 saturated heterocycles. The number of para-hydroxylation sites is 1. The molecule has 0 saturated carbocycles. The molecular weight excluding hydrogens is 276 g/mol. The Morgan fingerprint density at radius 1 is 1.35 bits per heavy atom. The molecule has 1 aromatic heterocycles. The van der Waals surface area contributed by atoms with Crippen LogP contribution in [0.4, 0.5) is 0 Å². The molecule has 5 heteroatoms. The molecule has 0 aliphatic heterocycles. The minimum Gasteiger partial charge on any atom is -0.493 e. The first-order valence-electron chi connectivity index (χ1n) is 6.48. The highest BCUT2D eigenvalue weighted by Gasteiger charge is 2.10. The molecule has 4 nitrogen and oxygen atoms in total. The zero-order valence-electron chi connectivity index (χ0n) is 11.5. The average Bonchev–Trinajstić information content (AvgIpc) is 2.46. The summed E-state index contributed by atoms with van der Waals surface area (Å²) in [5.74, 6) is 1.34. The van der Waals surface area contributed by atoms with Crippen LogP contribution >= 0.6 is 11.6 Å². The molecule has 1 heterocycles. The Morgan fingerprint density at radius 2 is 2.10 bits per heavy atom. The van der Waals surface area contributed by atoms with Crippen LogP contribution in [0.15, 0.2) is 35.1 Å². The van der Waals surface area contributed by atoms with Gasteiger partial charge in [-0.25, -0.2) is 5.10 Å². The van der Waals surface area contributed by atoms with Gasteiger partial charge in [0.05, 0.1) is 18.2 Å². The number of ether oxygens (including phenoxy) is 1. The number of nitrogens with one attached hydrogen (secondary N) is 1. The van der Waals surface area contributed by atoms with Crippen LogP contribution in [0.2, 0.25) is 0 Å². The third-order valence-corrected chi connectivity index (χ3v) is 3.05. The Hall–Kier alpha value is -1.81. The van der Waals surface area contributed by atoms with E-state index in [2.05, 4.69) is 24.0 Å². The maximum Gasteiger partial charge on any atom is 0.268 e. The Morgan fingerprint density at radius 3 is 2.80 bits per heavy atom. The molecule has 0 aliphatic rings. The molecule has 0 unspecified atom stereocenters. The summed E-state index contributed by atoms with van der Waals surface area (Å²) >= 11 is 5.76. The van der Waals surface area contributed by atoms with E-state index < -0.39 is 0 Å². The molecule has 0 amide bonds. The van der Waals surface area contributed by atoms with Gasteiger partial charge in [-0.05, 0) is 24.1 Å². The number of aromatic nitrogens is 2. The number of rotatable bonds is 5. The molecule has 2 rings (SSSR count). The number of H-pyrrole nitrogens is 1. The number of aromatic amines is 1. The van der Waals surface area contributed by atoms with Crippen molar-refractivity contribution >= 4 is 11.6 Å². The highest BCUT2D eigenvalue weighted by molar-refractivity contribution is 6.17. The van der Waals surface area contributed by atoms with E-state index in [9.17, 15) is 4.79 Å². The van der Waals surface area contributed by atoms with Gasteiger partial charge in [0.25, 0.3) is 5.56 Å². The van der Waals surface area contributed by atoms with Crippen molar-refractivity contribution in [2.24, 2.45) is 5.92 Å². The van der Waals surface area contributed by atoms with E-state index in [1.165, 1.54) is 0 Å². The first kappa shape index (κ1) is 14.6. The van der Waals surface area contributed by atoms with Gasteiger partial charge in [0.2, 0.25) is 0 Å². The summed E-state index contributed by atoms with van der Waals surface area (Å²) < 4.78 is 5.79. The Kier molecular flexibility index (Phi) is 4.79. The van der Waals surface area contributed by atoms with Crippen molar-refractivity contribution in [2.45, 2.75) is 19.7 Å². The minimum atomic E-state index is -0.260. The second-order valence-electron chi connectivity index (χ2n) is 4.94. The lowest BCUT2D eigenvalue weighted by atomic mass is 10.1. The molecule has 0 spiro atoms. The lowest BCUT2D eigenvalue weighted by molar-refractivity contribution is 0.272. The molecule has 106 valence electrons. The quantitative estimate of drug-likeness (QED) is 0.861. The van der Waals surface area contributed by atoms with E-state index in [0.717, 1.165) is 11.3 Å². The highest BCUT2D eigenvalue weighted by Crippen LogP contribution is 2.28. The smallest absolute Gasteiger partial charge is 0.268 e. The Labute approximate surface area is 122 Å². The van der Waals surface area contributed by atoms with E-state index in [-0.39, 0.29) is 11.4 Å². The van der Waals surface area contributed by atoms with Crippen LogP contribution in [0.1, 0.15) is 19.4 Å². The van der Waals surface area contributed by atoms with Crippen LogP contribution in [0.5, 0.6) is 5.75 Å². The standard InChI is InChI=1S/C15H17ClN2O2/c1-10(2)9-20-14-6-4-3-5-12(14)13-7-11(8-16)15(19)18-17-13/h3-7,10H,8-9H2,1-2H3,(H,18,19). The van der Waals surface area contributed by atoms with Crippen LogP contribution in [0.25, 0.3) is 11.3 Å². The van der Waals surface area contributed by atoms with Gasteiger partial charge in [0.15, 0.2) is 0 Å². The van der Waals surface area contributed by atoms with Crippen LogP contribution < -0.4 is 10.3 Å². The molecule has 0 atom stereocenters. The predicted molar refractivity (Wildman–Crippen MR) is 80.2 cm³/mol. The van der Waals surface area contributed by atoms with Gasteiger partial charge in [0, 0.05) is 11.1 Å². The monoisotopic (exact) mass is 292 g/mol. The average molecular weight is 293 g/mol. The number of alkyl halides is 1. The highest BCUT2D eigenvalue weighted by atomic mass is 35.5. The Balaban J connectivity index is 2.39. The van der Waals surface area contributed by atoms with Gasteiger partial charge in [-0.2, -0.15) is 5.10 Å². The second kappa shape index (κ2) is 6.57. The van der Waals surface area contributed by atoms with E-state index in [4.69, 9.17) is 16.3 Å². The maximum absolute atomic E-state index is 11.5. The van der Waals surface area contributed by atoms with Gasteiger partial charge >= 0.3 is 0 Å². The van der Waals surface area contributed by atoms with Crippen LogP contribution in [0.3, 0.4) is 0 Å². The van der Waals surface area contributed by atoms with Crippen molar-refractivity contribution in [3.63, 3.8) is 0 Å². The van der Waals surface area contributed by atoms with Crippen molar-refractivity contribution in [2.75, 3.05) is 6.61 Å². The van der Waals surface area contributed by atoms with Crippen molar-refractivity contribution in [3.8, 4) is 17.0 Å². The van der Waals surface area contributed by atoms with Crippen molar-refractivity contribution in [1.29, 1.82) is 0 Å². The summed E-state index contributed by atoms with van der Waals surface area (Å²) in [5, 5.41) is 6.53. The number of nitrogens with zero attached hydrogens (tertiary/aromatic N) is 1. The summed E-state index contributed by atoms with van der Waals surface area (Å²) in [5.41, 5.74) is 1.73. The zero-order chi connectivity index (χ0) is 14.5. The number of hydrogen-bond donors (Lipinski definition) is 1. The summed E-state index contributed by atoms with van der Waals surface area (Å²) in [6, 6.07) is 9.32. The van der Waals surface area contributed by atoms with E-state index in [1.807, 2.05) is 24.3 Å². The van der Waals surface area contributed by atoms with Crippen LogP contribution in [-0.2, 0) is 5.88 Å². The fourth-order valence-electron chi connectivity index (χ4n) is 1.74. The normalized spacial score (nSPS) is 10.8. The largest absolute Gasteiger partial charge is 0.493 e. The zero-order valence-corrected chi connectivity index (χ0v) is 12.3. The summed E-state index contributed by atoms with van der Waals surface area (Å²) in [6.07, 6.45) is 0. The third-order valence-electron chi connectivity index (χ3n) is 2.76. The third kappa shape index (κ3) is 3.39. The summed E-state index contributed by atoms with van der Waals surface area (Å²) in [6.45, 7) is 4.81. The lowest BCUT2D eigenvalue weighted by Crippen LogP contribution is -2.13. The molecular formula is C15H17ClN2O2. The Bertz CT molecular complexity index is 638. The molecule has 0 fully saturated rings. The van der Waals surface area contributed by atoms with E-state index in [1.54, 1.807) is 6.07 Å². The fourth-order valence-corrected chi connectivity index (χ4v) is 1.94. The summed E-state index contributed by atoms with van der Waals surface area (Å²) in [4.78, 5) is 11.5. The molecule has 0 radical (unpaired) electrons. The number of halogens is 1. The van der Waals surface area contributed by atoms with Gasteiger partial charge in [0.1, 0.15) is 5.75 Å². The predicted octanol–water partition coefficient (Wildman–Crippen LogP) is 3.21. The second-order valence-corrected chi connectivity index (χ2v) is 5.21. The number of benzene rings is 1. The summed E-state index contributed by atoms with van der Waals surface area (Å²) in [7, 11) is 0. The molecule has 0 bridgehead atoms. The van der Waals surface area contributed by atoms with Crippen molar-refractivity contribution < 1.29 is 4.74 Å². The molecule has 1 N–H and O–H groups in total. The maximum atomic E-state index is 11.5. The SMILES string of the molecule is CC(C)COc1ccccc1-c1cc(CCl)c(=O)[nH]n1. The van der Waals surface area contributed by atoms with Gasteiger partial charge in [-0.1, -0.05) is 26.0 Å². The topological polar surface area (TPSA) is 55.0 Å².